The van der Waals surface area contributed by atoms with Gasteiger partial charge in [0.15, 0.2) is 0 Å². The van der Waals surface area contributed by atoms with Crippen LogP contribution < -0.4 is 10.6 Å². The number of amides is 1. The highest BCUT2D eigenvalue weighted by Gasteiger charge is 2.12. The molecule has 0 aliphatic heterocycles. The summed E-state index contributed by atoms with van der Waals surface area (Å²) >= 11 is 0. The van der Waals surface area contributed by atoms with Crippen LogP contribution in [0.3, 0.4) is 0 Å². The molecule has 0 spiro atoms. The summed E-state index contributed by atoms with van der Waals surface area (Å²) in [6.07, 6.45) is 0. The van der Waals surface area contributed by atoms with E-state index in [9.17, 15) is 9.36 Å². The molecule has 0 fully saturated rings. The van der Waals surface area contributed by atoms with Crippen LogP contribution >= 0.6 is 7.14 Å². The van der Waals surface area contributed by atoms with E-state index in [-0.39, 0.29) is 5.91 Å². The smallest absolute Gasteiger partial charge is 0.255 e. The van der Waals surface area contributed by atoms with E-state index < -0.39 is 7.14 Å². The van der Waals surface area contributed by atoms with Gasteiger partial charge >= 0.3 is 0 Å². The Balaban J connectivity index is 1.87. The highest BCUT2D eigenvalue weighted by atomic mass is 31.2. The van der Waals surface area contributed by atoms with E-state index in [1.165, 1.54) is 0 Å². The molecule has 3 rings (SSSR count). The maximum atomic E-state index is 12.4. The molecule has 116 valence electrons. The maximum Gasteiger partial charge on any atom is 0.255 e. The predicted molar refractivity (Wildman–Crippen MR) is 97.4 cm³/mol. The number of anilines is 1. The topological polar surface area (TPSA) is 46.2 Å². The van der Waals surface area contributed by atoms with Crippen molar-refractivity contribution in [2.45, 2.75) is 0 Å². The third-order valence-corrected chi connectivity index (χ3v) is 5.26. The van der Waals surface area contributed by atoms with Crippen molar-refractivity contribution in [2.75, 3.05) is 18.6 Å². The van der Waals surface area contributed by atoms with Gasteiger partial charge in [0.05, 0.1) is 0 Å². The number of benzene rings is 3. The lowest BCUT2D eigenvalue weighted by Crippen LogP contribution is -2.13. The maximum absolute atomic E-state index is 12.4. The van der Waals surface area contributed by atoms with Crippen molar-refractivity contribution in [3.63, 3.8) is 0 Å². The van der Waals surface area contributed by atoms with Gasteiger partial charge < -0.3 is 9.88 Å². The molecule has 0 aliphatic rings. The molecular weight excluding hydrogens is 305 g/mol. The fraction of sp³-hybridized carbons (Fsp3) is 0.105. The van der Waals surface area contributed by atoms with Crippen molar-refractivity contribution in [1.29, 1.82) is 0 Å². The normalized spacial score (nSPS) is 11.4. The average molecular weight is 323 g/mol. The van der Waals surface area contributed by atoms with Gasteiger partial charge in [-0.3, -0.25) is 4.79 Å². The standard InChI is InChI=1S/C19H18NO2P/c1-23(2,22)18-9-5-8-17(13-18)20-19(21)16-11-10-14-6-3-4-7-15(14)12-16/h3-13H,1-2H3,(H,20,21). The molecule has 1 amide bonds. The SMILES string of the molecule is CP(C)(=O)c1cccc(NC(=O)c2ccc3ccccc3c2)c1. The number of carbonyl (C=O) groups is 1. The van der Waals surface area contributed by atoms with Gasteiger partial charge in [0.1, 0.15) is 7.14 Å². The first-order valence-corrected chi connectivity index (χ1v) is 9.99. The molecule has 4 heteroatoms. The number of nitrogens with one attached hydrogen (secondary N) is 1. The third kappa shape index (κ3) is 3.52. The molecule has 0 unspecified atom stereocenters. The molecule has 23 heavy (non-hydrogen) atoms. The number of rotatable bonds is 3. The number of carbonyl (C=O) groups excluding carboxylic acids is 1. The second-order valence-electron chi connectivity index (χ2n) is 5.92. The molecular formula is C19H18NO2P. The summed E-state index contributed by atoms with van der Waals surface area (Å²) in [6.45, 7) is 3.44. The van der Waals surface area contributed by atoms with Gasteiger partial charge in [-0.05, 0) is 48.4 Å². The fourth-order valence-electron chi connectivity index (χ4n) is 2.45. The van der Waals surface area contributed by atoms with Gasteiger partial charge in [-0.25, -0.2) is 0 Å². The van der Waals surface area contributed by atoms with Crippen LogP contribution in [0.4, 0.5) is 5.69 Å². The van der Waals surface area contributed by atoms with Crippen molar-refractivity contribution in [2.24, 2.45) is 0 Å². The van der Waals surface area contributed by atoms with E-state index in [1.54, 1.807) is 25.5 Å². The van der Waals surface area contributed by atoms with Crippen molar-refractivity contribution in [3.8, 4) is 0 Å². The monoisotopic (exact) mass is 323 g/mol. The number of hydrogen-bond donors (Lipinski definition) is 1. The summed E-state index contributed by atoms with van der Waals surface area (Å²) in [5.74, 6) is -0.171. The molecule has 0 radical (unpaired) electrons. The van der Waals surface area contributed by atoms with Gasteiger partial charge in [0, 0.05) is 16.6 Å². The summed E-state index contributed by atoms with van der Waals surface area (Å²) in [5, 5.41) is 5.76. The molecule has 0 saturated carbocycles. The first-order valence-electron chi connectivity index (χ1n) is 7.39. The zero-order valence-electron chi connectivity index (χ0n) is 13.1. The molecule has 0 bridgehead atoms. The van der Waals surface area contributed by atoms with Crippen LogP contribution in [0.1, 0.15) is 10.4 Å². The van der Waals surface area contributed by atoms with Crippen molar-refractivity contribution in [3.05, 3.63) is 72.3 Å². The minimum absolute atomic E-state index is 0.171. The fourth-order valence-corrected chi connectivity index (χ4v) is 3.35. The van der Waals surface area contributed by atoms with Crippen LogP contribution in [0, 0.1) is 0 Å². The lowest BCUT2D eigenvalue weighted by molar-refractivity contribution is 0.102. The van der Waals surface area contributed by atoms with Gasteiger partial charge in [0.25, 0.3) is 5.91 Å². The van der Waals surface area contributed by atoms with E-state index >= 15 is 0 Å². The van der Waals surface area contributed by atoms with E-state index in [4.69, 9.17) is 0 Å². The van der Waals surface area contributed by atoms with E-state index in [0.29, 0.717) is 11.3 Å². The summed E-state index contributed by atoms with van der Waals surface area (Å²) in [4.78, 5) is 12.4. The summed E-state index contributed by atoms with van der Waals surface area (Å²) in [5.41, 5.74) is 1.26. The largest absolute Gasteiger partial charge is 0.322 e. The Morgan fingerprint density at radius 2 is 1.61 bits per heavy atom. The van der Waals surface area contributed by atoms with Gasteiger partial charge in [0.2, 0.25) is 0 Å². The zero-order chi connectivity index (χ0) is 16.4. The van der Waals surface area contributed by atoms with Crippen LogP contribution in [0.5, 0.6) is 0 Å². The molecule has 0 saturated heterocycles. The Morgan fingerprint density at radius 1 is 0.870 bits per heavy atom. The molecule has 3 aromatic carbocycles. The molecule has 0 heterocycles. The Bertz CT molecular complexity index is 927. The summed E-state index contributed by atoms with van der Waals surface area (Å²) < 4.78 is 12.2. The first kappa shape index (κ1) is 15.5. The molecule has 0 atom stereocenters. The Morgan fingerprint density at radius 3 is 2.35 bits per heavy atom. The predicted octanol–water partition coefficient (Wildman–Crippen LogP) is 4.34. The second-order valence-corrected chi connectivity index (χ2v) is 9.14. The van der Waals surface area contributed by atoms with Crippen molar-refractivity contribution >= 4 is 34.8 Å². The van der Waals surface area contributed by atoms with Crippen molar-refractivity contribution < 1.29 is 9.36 Å². The molecule has 0 aromatic heterocycles. The lowest BCUT2D eigenvalue weighted by atomic mass is 10.1. The highest BCUT2D eigenvalue weighted by Crippen LogP contribution is 2.35. The van der Waals surface area contributed by atoms with Crippen molar-refractivity contribution in [1.82, 2.24) is 0 Å². The highest BCUT2D eigenvalue weighted by molar-refractivity contribution is 7.70. The van der Waals surface area contributed by atoms with Gasteiger partial charge in [-0.15, -0.1) is 0 Å². The Kier molecular flexibility index (Phi) is 4.06. The van der Waals surface area contributed by atoms with Crippen LogP contribution in [-0.2, 0) is 4.57 Å². The molecule has 0 aliphatic carbocycles. The summed E-state index contributed by atoms with van der Waals surface area (Å²) in [7, 11) is -2.34. The number of hydrogen-bond acceptors (Lipinski definition) is 2. The summed E-state index contributed by atoms with van der Waals surface area (Å²) in [6, 6.07) is 20.8. The van der Waals surface area contributed by atoms with Gasteiger partial charge in [-0.2, -0.15) is 0 Å². The molecule has 3 nitrogen and oxygen atoms in total. The van der Waals surface area contributed by atoms with Crippen LogP contribution in [0.2, 0.25) is 0 Å². The zero-order valence-corrected chi connectivity index (χ0v) is 14.0. The number of fused-ring (bicyclic) bond motifs is 1. The lowest BCUT2D eigenvalue weighted by Gasteiger charge is -2.10. The van der Waals surface area contributed by atoms with E-state index in [2.05, 4.69) is 5.32 Å². The van der Waals surface area contributed by atoms with Crippen LogP contribution in [0.25, 0.3) is 10.8 Å². The Hall–Kier alpha value is -2.38. The second kappa shape index (κ2) is 6.02. The molecule has 3 aromatic rings. The molecule has 1 N–H and O–H groups in total. The van der Waals surface area contributed by atoms with Crippen LogP contribution in [-0.4, -0.2) is 19.2 Å². The first-order chi connectivity index (χ1) is 10.9. The minimum Gasteiger partial charge on any atom is -0.322 e. The van der Waals surface area contributed by atoms with E-state index in [0.717, 1.165) is 16.1 Å². The third-order valence-electron chi connectivity index (χ3n) is 3.74. The average Bonchev–Trinajstić information content (AvgIpc) is 2.54. The Labute approximate surface area is 135 Å². The van der Waals surface area contributed by atoms with E-state index in [1.807, 2.05) is 54.6 Å². The van der Waals surface area contributed by atoms with Crippen LogP contribution in [0.15, 0.2) is 66.7 Å². The van der Waals surface area contributed by atoms with Gasteiger partial charge in [-0.1, -0.05) is 42.5 Å². The quantitative estimate of drug-likeness (QED) is 0.729. The minimum atomic E-state index is -2.34.